The third-order valence-corrected chi connectivity index (χ3v) is 7.04. The van der Waals surface area contributed by atoms with Crippen molar-refractivity contribution >= 4 is 20.8 Å². The summed E-state index contributed by atoms with van der Waals surface area (Å²) in [6, 6.07) is 12.1. The van der Waals surface area contributed by atoms with E-state index in [1.807, 2.05) is 30.3 Å². The van der Waals surface area contributed by atoms with Gasteiger partial charge in [0.15, 0.2) is 0 Å². The lowest BCUT2D eigenvalue weighted by molar-refractivity contribution is 0.0624. The number of rotatable bonds is 6. The van der Waals surface area contributed by atoms with Crippen LogP contribution >= 0.6 is 0 Å². The lowest BCUT2D eigenvalue weighted by Gasteiger charge is -2.18. The number of ether oxygens (including phenoxy) is 3. The van der Waals surface area contributed by atoms with Crippen LogP contribution in [0.1, 0.15) is 11.7 Å². The lowest BCUT2D eigenvalue weighted by atomic mass is 10.1. The molecule has 0 spiro atoms. The minimum Gasteiger partial charge on any atom is -0.378 e. The van der Waals surface area contributed by atoms with Crippen molar-refractivity contribution in [2.45, 2.75) is 35.8 Å². The zero-order valence-electron chi connectivity index (χ0n) is 16.3. The Balaban J connectivity index is 1.32. The molecule has 3 heterocycles. The van der Waals surface area contributed by atoms with Gasteiger partial charge in [-0.05, 0) is 22.9 Å². The van der Waals surface area contributed by atoms with Gasteiger partial charge in [-0.25, -0.2) is 17.8 Å². The number of hydrogen-bond acceptors (Lipinski definition) is 7. The molecule has 2 fully saturated rings. The topological polar surface area (TPSA) is 105 Å². The van der Waals surface area contributed by atoms with E-state index in [1.165, 1.54) is 0 Å². The van der Waals surface area contributed by atoms with Gasteiger partial charge in [0, 0.05) is 7.11 Å². The molecule has 9 nitrogen and oxygen atoms in total. The van der Waals surface area contributed by atoms with Crippen LogP contribution in [0.2, 0.25) is 0 Å². The van der Waals surface area contributed by atoms with E-state index in [0.717, 1.165) is 10.8 Å². The van der Waals surface area contributed by atoms with Crippen molar-refractivity contribution in [1.82, 2.24) is 19.7 Å². The molecule has 2 aromatic carbocycles. The lowest BCUT2D eigenvalue weighted by Crippen LogP contribution is -2.44. The van der Waals surface area contributed by atoms with Gasteiger partial charge in [0.25, 0.3) is 0 Å². The second kappa shape index (κ2) is 7.71. The highest BCUT2D eigenvalue weighted by Gasteiger charge is 2.50. The van der Waals surface area contributed by atoms with Crippen LogP contribution in [-0.4, -0.2) is 62.0 Å². The molecule has 0 aliphatic carbocycles. The van der Waals surface area contributed by atoms with Gasteiger partial charge in [-0.3, -0.25) is 0 Å². The van der Waals surface area contributed by atoms with Crippen LogP contribution in [0, 0.1) is 0 Å². The van der Waals surface area contributed by atoms with Gasteiger partial charge in [0.1, 0.15) is 23.9 Å². The van der Waals surface area contributed by atoms with Crippen LogP contribution in [0.5, 0.6) is 0 Å². The quantitative estimate of drug-likeness (QED) is 0.628. The minimum absolute atomic E-state index is 0.164. The second-order valence-corrected chi connectivity index (χ2v) is 9.24. The van der Waals surface area contributed by atoms with Crippen molar-refractivity contribution in [3.8, 4) is 0 Å². The van der Waals surface area contributed by atoms with Crippen LogP contribution in [-0.2, 0) is 30.8 Å². The maximum atomic E-state index is 13.0. The van der Waals surface area contributed by atoms with Gasteiger partial charge in [0.05, 0.1) is 37.0 Å². The van der Waals surface area contributed by atoms with Gasteiger partial charge < -0.3 is 14.2 Å². The summed E-state index contributed by atoms with van der Waals surface area (Å²) in [4.78, 5) is 0.222. The van der Waals surface area contributed by atoms with Gasteiger partial charge in [0.2, 0.25) is 10.0 Å². The summed E-state index contributed by atoms with van der Waals surface area (Å²) in [6.07, 6.45) is 1.11. The zero-order valence-corrected chi connectivity index (χ0v) is 17.2. The first-order chi connectivity index (χ1) is 14.5. The smallest absolute Gasteiger partial charge is 0.241 e. The van der Waals surface area contributed by atoms with Crippen LogP contribution in [0.4, 0.5) is 0 Å². The Kier molecular flexibility index (Phi) is 5.03. The first kappa shape index (κ1) is 19.6. The van der Waals surface area contributed by atoms with Crippen molar-refractivity contribution in [3.63, 3.8) is 0 Å². The van der Waals surface area contributed by atoms with E-state index in [-0.39, 0.29) is 29.8 Å². The number of nitrogens with zero attached hydrogens (tertiary/aromatic N) is 3. The fourth-order valence-corrected chi connectivity index (χ4v) is 5.36. The van der Waals surface area contributed by atoms with Crippen molar-refractivity contribution in [3.05, 3.63) is 54.4 Å². The highest BCUT2D eigenvalue weighted by molar-refractivity contribution is 7.89. The fourth-order valence-electron chi connectivity index (χ4n) is 4.10. The third-order valence-electron chi connectivity index (χ3n) is 5.55. The zero-order chi connectivity index (χ0) is 20.7. The van der Waals surface area contributed by atoms with Crippen LogP contribution in [0.25, 0.3) is 10.8 Å². The molecular formula is C20H22N4O5S. The van der Waals surface area contributed by atoms with Crippen LogP contribution in [0.15, 0.2) is 53.6 Å². The maximum absolute atomic E-state index is 13.0. The predicted molar refractivity (Wildman–Crippen MR) is 107 cm³/mol. The molecule has 2 aliphatic rings. The average molecular weight is 430 g/mol. The Morgan fingerprint density at radius 1 is 1.13 bits per heavy atom. The van der Waals surface area contributed by atoms with Crippen LogP contribution < -0.4 is 4.72 Å². The number of sulfonamides is 1. The molecule has 1 N–H and O–H groups in total. The number of benzene rings is 2. The summed E-state index contributed by atoms with van der Waals surface area (Å²) in [7, 11) is -2.12. The minimum atomic E-state index is -3.72. The molecule has 0 radical (unpaired) electrons. The molecule has 0 amide bonds. The molecule has 0 bridgehead atoms. The Morgan fingerprint density at radius 2 is 1.93 bits per heavy atom. The van der Waals surface area contributed by atoms with Crippen molar-refractivity contribution < 1.29 is 22.6 Å². The summed E-state index contributed by atoms with van der Waals surface area (Å²) >= 11 is 0. The summed E-state index contributed by atoms with van der Waals surface area (Å²) in [5.74, 6) is 0. The standard InChI is InChI=1S/C20H22N4O5S/c1-27-10-15-9-24(23-21-15)18-12-29-19-17(11-28-20(18)19)22-30(25,26)16-7-6-13-4-2-3-5-14(13)8-16/h2-9,17-20,22H,10-12H2,1H3/t17-,18-,19+,20+/m0/s1. The fraction of sp³-hybridized carbons (Fsp3) is 0.400. The van der Waals surface area contributed by atoms with E-state index in [2.05, 4.69) is 15.0 Å². The highest BCUT2D eigenvalue weighted by atomic mass is 32.2. The molecular weight excluding hydrogens is 408 g/mol. The Hall–Kier alpha value is -2.37. The van der Waals surface area contributed by atoms with E-state index >= 15 is 0 Å². The first-order valence-electron chi connectivity index (χ1n) is 9.69. The maximum Gasteiger partial charge on any atom is 0.241 e. The van der Waals surface area contributed by atoms with E-state index in [0.29, 0.717) is 18.9 Å². The molecule has 3 aromatic rings. The molecule has 158 valence electrons. The van der Waals surface area contributed by atoms with E-state index in [1.54, 1.807) is 30.1 Å². The molecule has 0 saturated carbocycles. The highest BCUT2D eigenvalue weighted by Crippen LogP contribution is 2.34. The number of nitrogens with one attached hydrogen (secondary N) is 1. The Labute approximate surface area is 174 Å². The summed E-state index contributed by atoms with van der Waals surface area (Å²) in [6.45, 7) is 0.980. The summed E-state index contributed by atoms with van der Waals surface area (Å²) in [5, 5.41) is 10.1. The molecule has 5 rings (SSSR count). The molecule has 1 aromatic heterocycles. The third kappa shape index (κ3) is 3.50. The predicted octanol–water partition coefficient (Wildman–Crippen LogP) is 1.26. The molecule has 4 atom stereocenters. The molecule has 30 heavy (non-hydrogen) atoms. The number of aromatic nitrogens is 3. The van der Waals surface area contributed by atoms with Gasteiger partial charge in [-0.2, -0.15) is 0 Å². The SMILES string of the molecule is COCc1cn([C@H]2CO[C@H]3[C@@H]2OC[C@@H]3NS(=O)(=O)c2ccc3ccccc3c2)nn1. The molecule has 2 saturated heterocycles. The number of fused-ring (bicyclic) bond motifs is 2. The van der Waals surface area contributed by atoms with Crippen molar-refractivity contribution in [2.75, 3.05) is 20.3 Å². The number of methoxy groups -OCH3 is 1. The molecule has 0 unspecified atom stereocenters. The molecule has 10 heteroatoms. The van der Waals surface area contributed by atoms with E-state index in [9.17, 15) is 8.42 Å². The van der Waals surface area contributed by atoms with E-state index < -0.39 is 16.1 Å². The van der Waals surface area contributed by atoms with Crippen LogP contribution in [0.3, 0.4) is 0 Å². The Morgan fingerprint density at radius 3 is 2.77 bits per heavy atom. The van der Waals surface area contributed by atoms with Crippen molar-refractivity contribution in [1.29, 1.82) is 0 Å². The van der Waals surface area contributed by atoms with Gasteiger partial charge in [-0.15, -0.1) is 5.10 Å². The first-order valence-corrected chi connectivity index (χ1v) is 11.2. The average Bonchev–Trinajstić information content (AvgIpc) is 3.46. The summed E-state index contributed by atoms with van der Waals surface area (Å²) < 4.78 is 47.3. The van der Waals surface area contributed by atoms with Crippen molar-refractivity contribution in [2.24, 2.45) is 0 Å². The monoisotopic (exact) mass is 430 g/mol. The largest absolute Gasteiger partial charge is 0.378 e. The van der Waals surface area contributed by atoms with E-state index in [4.69, 9.17) is 14.2 Å². The van der Waals surface area contributed by atoms with Gasteiger partial charge in [-0.1, -0.05) is 35.5 Å². The Bertz CT molecular complexity index is 1160. The normalized spacial score (nSPS) is 26.3. The van der Waals surface area contributed by atoms with Gasteiger partial charge >= 0.3 is 0 Å². The molecule has 2 aliphatic heterocycles. The second-order valence-electron chi connectivity index (χ2n) is 7.52. The number of hydrogen-bond donors (Lipinski definition) is 1. The summed E-state index contributed by atoms with van der Waals surface area (Å²) in [5.41, 5.74) is 0.715.